The lowest BCUT2D eigenvalue weighted by molar-refractivity contribution is -0.117. The van der Waals surface area contributed by atoms with Crippen LogP contribution in [0.1, 0.15) is 13.3 Å². The number of primary amides is 1. The molecule has 0 aliphatic heterocycles. The Labute approximate surface area is 73.9 Å². The summed E-state index contributed by atoms with van der Waals surface area (Å²) in [5.41, 5.74) is 4.96. The first-order valence-electron chi connectivity index (χ1n) is 3.72. The van der Waals surface area contributed by atoms with Gasteiger partial charge in [0.25, 0.3) is 5.92 Å². The molecule has 2 N–H and O–H groups in total. The van der Waals surface area contributed by atoms with Crippen LogP contribution < -0.4 is 5.73 Å². The van der Waals surface area contributed by atoms with Crippen molar-refractivity contribution in [2.45, 2.75) is 24.5 Å². The third kappa shape index (κ3) is 2.33. The molecule has 70 valence electrons. The molecule has 5 heteroatoms. The van der Waals surface area contributed by atoms with Gasteiger partial charge in [0, 0.05) is 18.1 Å². The van der Waals surface area contributed by atoms with E-state index in [1.165, 1.54) is 11.8 Å². The Morgan fingerprint density at radius 2 is 2.33 bits per heavy atom. The summed E-state index contributed by atoms with van der Waals surface area (Å²) >= 11 is 1.20. The summed E-state index contributed by atoms with van der Waals surface area (Å²) in [7, 11) is 0. The monoisotopic (exact) mass is 195 g/mol. The third-order valence-corrected chi connectivity index (χ3v) is 3.23. The molecule has 0 bridgehead atoms. The van der Waals surface area contributed by atoms with E-state index < -0.39 is 17.7 Å². The number of carbonyl (C=O) groups excluding carboxylic acids is 1. The molecule has 0 aromatic rings. The molecule has 1 fully saturated rings. The molecule has 0 saturated heterocycles. The standard InChI is InChI=1S/C7H11F2NOS/c1-4(6(10)11)12-3-5-2-7(5,8)9/h4-5H,2-3H2,1H3,(H2,10,11). The van der Waals surface area contributed by atoms with Gasteiger partial charge in [-0.05, 0) is 6.92 Å². The molecule has 0 aromatic heterocycles. The summed E-state index contributed by atoms with van der Waals surface area (Å²) in [6, 6.07) is 0. The zero-order valence-electron chi connectivity index (χ0n) is 6.72. The molecule has 2 nitrogen and oxygen atoms in total. The number of rotatable bonds is 4. The van der Waals surface area contributed by atoms with Crippen molar-refractivity contribution in [1.82, 2.24) is 0 Å². The topological polar surface area (TPSA) is 43.1 Å². The molecular weight excluding hydrogens is 184 g/mol. The zero-order chi connectivity index (χ0) is 9.35. The van der Waals surface area contributed by atoms with Crippen LogP contribution in [0.5, 0.6) is 0 Å². The number of nitrogens with two attached hydrogens (primary N) is 1. The van der Waals surface area contributed by atoms with E-state index in [1.54, 1.807) is 6.92 Å². The second-order valence-corrected chi connectivity index (χ2v) is 4.41. The fraction of sp³-hybridized carbons (Fsp3) is 0.857. The van der Waals surface area contributed by atoms with Gasteiger partial charge in [-0.2, -0.15) is 0 Å². The molecule has 1 aliphatic rings. The molecule has 1 saturated carbocycles. The summed E-state index contributed by atoms with van der Waals surface area (Å²) in [4.78, 5) is 10.5. The Balaban J connectivity index is 2.15. The Kier molecular flexibility index (Phi) is 2.61. The van der Waals surface area contributed by atoms with Crippen molar-refractivity contribution >= 4 is 17.7 Å². The fourth-order valence-corrected chi connectivity index (χ4v) is 1.84. The Morgan fingerprint density at radius 3 is 2.67 bits per heavy atom. The Hall–Kier alpha value is -0.320. The van der Waals surface area contributed by atoms with Crippen LogP contribution in [0.25, 0.3) is 0 Å². The molecule has 0 aromatic carbocycles. The number of amides is 1. The molecular formula is C7H11F2NOS. The van der Waals surface area contributed by atoms with Crippen LogP contribution in [0.2, 0.25) is 0 Å². The molecule has 0 radical (unpaired) electrons. The SMILES string of the molecule is CC(SCC1CC1(F)F)C(N)=O. The maximum absolute atomic E-state index is 12.3. The Bertz CT molecular complexity index is 198. The first-order chi connectivity index (χ1) is 5.43. The smallest absolute Gasteiger partial charge is 0.252 e. The minimum atomic E-state index is -2.48. The second kappa shape index (κ2) is 3.20. The van der Waals surface area contributed by atoms with Crippen molar-refractivity contribution in [3.8, 4) is 0 Å². The van der Waals surface area contributed by atoms with Gasteiger partial charge >= 0.3 is 0 Å². The lowest BCUT2D eigenvalue weighted by atomic mass is 10.5. The van der Waals surface area contributed by atoms with Gasteiger partial charge in [0.2, 0.25) is 5.91 Å². The van der Waals surface area contributed by atoms with E-state index in [9.17, 15) is 13.6 Å². The Morgan fingerprint density at radius 1 is 1.83 bits per heavy atom. The van der Waals surface area contributed by atoms with E-state index in [0.717, 1.165) is 0 Å². The summed E-state index contributed by atoms with van der Waals surface area (Å²) in [6.45, 7) is 1.63. The normalized spacial score (nSPS) is 28.1. The predicted octanol–water partition coefficient (Wildman–Crippen LogP) is 1.25. The summed E-state index contributed by atoms with van der Waals surface area (Å²) in [5, 5.41) is -0.360. The van der Waals surface area contributed by atoms with Crippen molar-refractivity contribution in [3.63, 3.8) is 0 Å². The molecule has 1 rings (SSSR count). The molecule has 1 amide bonds. The molecule has 2 unspecified atom stereocenters. The van der Waals surface area contributed by atoms with Crippen LogP contribution in [0.3, 0.4) is 0 Å². The maximum Gasteiger partial charge on any atom is 0.252 e. The first-order valence-corrected chi connectivity index (χ1v) is 4.77. The van der Waals surface area contributed by atoms with Crippen molar-refractivity contribution in [2.24, 2.45) is 11.7 Å². The van der Waals surface area contributed by atoms with Gasteiger partial charge in [-0.1, -0.05) is 0 Å². The van der Waals surface area contributed by atoms with Gasteiger partial charge < -0.3 is 5.73 Å². The van der Waals surface area contributed by atoms with E-state index in [1.807, 2.05) is 0 Å². The van der Waals surface area contributed by atoms with Crippen molar-refractivity contribution < 1.29 is 13.6 Å². The van der Waals surface area contributed by atoms with Crippen LogP contribution in [0.15, 0.2) is 0 Å². The highest BCUT2D eigenvalue weighted by molar-refractivity contribution is 8.00. The minimum Gasteiger partial charge on any atom is -0.369 e. The van der Waals surface area contributed by atoms with Crippen LogP contribution in [-0.4, -0.2) is 22.8 Å². The molecule has 0 heterocycles. The average molecular weight is 195 g/mol. The quantitative estimate of drug-likeness (QED) is 0.733. The van der Waals surface area contributed by atoms with E-state index in [2.05, 4.69) is 0 Å². The number of halogens is 2. The van der Waals surface area contributed by atoms with Crippen LogP contribution in [0.4, 0.5) is 8.78 Å². The van der Waals surface area contributed by atoms with Gasteiger partial charge in [0.1, 0.15) is 0 Å². The van der Waals surface area contributed by atoms with Gasteiger partial charge in [-0.15, -0.1) is 11.8 Å². The number of hydrogen-bond donors (Lipinski definition) is 1. The lowest BCUT2D eigenvalue weighted by Gasteiger charge is -2.05. The number of hydrogen-bond acceptors (Lipinski definition) is 2. The summed E-state index contributed by atoms with van der Waals surface area (Å²) in [6.07, 6.45) is -0.0362. The highest BCUT2D eigenvalue weighted by Gasteiger charge is 2.56. The van der Waals surface area contributed by atoms with Gasteiger partial charge in [0.05, 0.1) is 5.25 Å². The highest BCUT2D eigenvalue weighted by Crippen LogP contribution is 2.50. The molecule has 12 heavy (non-hydrogen) atoms. The van der Waals surface area contributed by atoms with E-state index in [0.29, 0.717) is 5.75 Å². The largest absolute Gasteiger partial charge is 0.369 e. The van der Waals surface area contributed by atoms with Crippen molar-refractivity contribution in [3.05, 3.63) is 0 Å². The number of thioether (sulfide) groups is 1. The van der Waals surface area contributed by atoms with Gasteiger partial charge in [-0.3, -0.25) is 4.79 Å². The van der Waals surface area contributed by atoms with Crippen LogP contribution in [-0.2, 0) is 4.79 Å². The molecule has 0 spiro atoms. The van der Waals surface area contributed by atoms with Crippen LogP contribution in [0, 0.1) is 5.92 Å². The predicted molar refractivity (Wildman–Crippen MR) is 44.2 cm³/mol. The summed E-state index contributed by atoms with van der Waals surface area (Å²) < 4.78 is 24.6. The number of alkyl halides is 2. The van der Waals surface area contributed by atoms with E-state index in [4.69, 9.17) is 5.73 Å². The van der Waals surface area contributed by atoms with Crippen LogP contribution >= 0.6 is 11.8 Å². The van der Waals surface area contributed by atoms with Gasteiger partial charge in [0.15, 0.2) is 0 Å². The molecule has 1 aliphatic carbocycles. The first kappa shape index (κ1) is 9.77. The lowest BCUT2D eigenvalue weighted by Crippen LogP contribution is -2.23. The fourth-order valence-electron chi connectivity index (χ4n) is 0.793. The number of carbonyl (C=O) groups is 1. The highest BCUT2D eigenvalue weighted by atomic mass is 32.2. The maximum atomic E-state index is 12.3. The van der Waals surface area contributed by atoms with E-state index >= 15 is 0 Å². The van der Waals surface area contributed by atoms with Crippen molar-refractivity contribution in [1.29, 1.82) is 0 Å². The summed E-state index contributed by atoms with van der Waals surface area (Å²) in [5.74, 6) is -3.13. The van der Waals surface area contributed by atoms with Crippen molar-refractivity contribution in [2.75, 3.05) is 5.75 Å². The van der Waals surface area contributed by atoms with E-state index in [-0.39, 0.29) is 11.7 Å². The second-order valence-electron chi connectivity index (χ2n) is 3.04. The average Bonchev–Trinajstić information content (AvgIpc) is 2.54. The molecule has 2 atom stereocenters. The minimum absolute atomic E-state index is 0.0362. The van der Waals surface area contributed by atoms with Gasteiger partial charge in [-0.25, -0.2) is 8.78 Å². The zero-order valence-corrected chi connectivity index (χ0v) is 7.54. The third-order valence-electron chi connectivity index (χ3n) is 1.90.